The molecule has 6 nitrogen and oxygen atoms in total. The molecule has 0 bridgehead atoms. The molecule has 10 heteroatoms. The fraction of sp³-hybridized carbons (Fsp3) is 0.381. The number of benzene rings is 1. The third-order valence-electron chi connectivity index (χ3n) is 6.01. The van der Waals surface area contributed by atoms with Crippen LogP contribution in [0, 0.1) is 0 Å². The van der Waals surface area contributed by atoms with Crippen molar-refractivity contribution in [2.75, 3.05) is 26.2 Å². The van der Waals surface area contributed by atoms with Crippen LogP contribution in [0.25, 0.3) is 16.9 Å². The molecule has 2 aromatic heterocycles. The molecule has 0 spiro atoms. The average molecular weight is 494 g/mol. The Labute approximate surface area is 184 Å². The van der Waals surface area contributed by atoms with Gasteiger partial charge in [-0.15, -0.1) is 0 Å². The number of amides is 1. The minimum absolute atomic E-state index is 0.0772. The van der Waals surface area contributed by atoms with Crippen LogP contribution in [0.15, 0.2) is 41.0 Å². The van der Waals surface area contributed by atoms with Crippen molar-refractivity contribution < 1.29 is 18.0 Å². The Kier molecular flexibility index (Phi) is 5.01. The molecule has 0 radical (unpaired) electrons. The molecular formula is C21H19BrF3N5O. The Hall–Kier alpha value is -2.46. The molecule has 0 aliphatic carbocycles. The second-order valence-corrected chi connectivity index (χ2v) is 8.82. The second-order valence-electron chi connectivity index (χ2n) is 7.91. The van der Waals surface area contributed by atoms with Crippen molar-refractivity contribution >= 4 is 27.5 Å². The molecule has 1 atom stereocenters. The van der Waals surface area contributed by atoms with Gasteiger partial charge in [-0.2, -0.15) is 18.3 Å². The lowest BCUT2D eigenvalue weighted by atomic mass is 10.1. The predicted molar refractivity (Wildman–Crippen MR) is 112 cm³/mol. The van der Waals surface area contributed by atoms with Gasteiger partial charge in [0.25, 0.3) is 5.91 Å². The first-order valence-electron chi connectivity index (χ1n) is 10.1. The molecule has 4 heterocycles. The number of alkyl halides is 3. The second kappa shape index (κ2) is 7.59. The average Bonchev–Trinajstić information content (AvgIpc) is 3.38. The summed E-state index contributed by atoms with van der Waals surface area (Å²) in [6.45, 7) is 2.94. The van der Waals surface area contributed by atoms with E-state index in [0.29, 0.717) is 24.7 Å². The van der Waals surface area contributed by atoms with Crippen LogP contribution in [0.4, 0.5) is 13.2 Å². The quantitative estimate of drug-likeness (QED) is 0.539. The number of aromatic nitrogens is 3. The van der Waals surface area contributed by atoms with E-state index in [9.17, 15) is 18.0 Å². The van der Waals surface area contributed by atoms with Gasteiger partial charge in [0.2, 0.25) is 0 Å². The van der Waals surface area contributed by atoms with Crippen LogP contribution in [-0.2, 0) is 6.18 Å². The van der Waals surface area contributed by atoms with Gasteiger partial charge >= 0.3 is 6.18 Å². The summed E-state index contributed by atoms with van der Waals surface area (Å²) < 4.78 is 42.9. The Balaban J connectivity index is 1.58. The van der Waals surface area contributed by atoms with Crippen LogP contribution in [0.3, 0.4) is 0 Å². The first-order valence-corrected chi connectivity index (χ1v) is 10.9. The maximum Gasteiger partial charge on any atom is 0.433 e. The number of hydrogen-bond donors (Lipinski definition) is 0. The summed E-state index contributed by atoms with van der Waals surface area (Å²) in [5, 5.41) is 3.89. The SMILES string of the molecule is O=C(c1cnn2c(C(F)(F)F)cc(-c3ccc(Br)cc3)nc12)N1CCN2CCC[C@H]2C1. The Morgan fingerprint density at radius 1 is 1.13 bits per heavy atom. The van der Waals surface area contributed by atoms with Gasteiger partial charge < -0.3 is 4.90 Å². The minimum Gasteiger partial charge on any atom is -0.336 e. The highest BCUT2D eigenvalue weighted by Gasteiger charge is 2.37. The normalized spacial score (nSPS) is 19.7. The highest BCUT2D eigenvalue weighted by molar-refractivity contribution is 9.10. The summed E-state index contributed by atoms with van der Waals surface area (Å²) in [6.07, 6.45) is -1.31. The zero-order valence-electron chi connectivity index (χ0n) is 16.4. The third kappa shape index (κ3) is 3.71. The largest absolute Gasteiger partial charge is 0.433 e. The molecule has 2 saturated heterocycles. The monoisotopic (exact) mass is 493 g/mol. The van der Waals surface area contributed by atoms with Crippen LogP contribution in [0.1, 0.15) is 28.9 Å². The lowest BCUT2D eigenvalue weighted by Gasteiger charge is -2.37. The molecular weight excluding hydrogens is 475 g/mol. The van der Waals surface area contributed by atoms with Crippen molar-refractivity contribution in [3.8, 4) is 11.3 Å². The molecule has 0 N–H and O–H groups in total. The maximum atomic E-state index is 13.8. The van der Waals surface area contributed by atoms with Crippen LogP contribution in [0.2, 0.25) is 0 Å². The topological polar surface area (TPSA) is 53.7 Å². The van der Waals surface area contributed by atoms with E-state index in [1.807, 2.05) is 0 Å². The van der Waals surface area contributed by atoms with E-state index in [2.05, 4.69) is 30.9 Å². The van der Waals surface area contributed by atoms with Crippen LogP contribution >= 0.6 is 15.9 Å². The molecule has 0 unspecified atom stereocenters. The van der Waals surface area contributed by atoms with Gasteiger partial charge in [0.05, 0.1) is 11.9 Å². The third-order valence-corrected chi connectivity index (χ3v) is 6.54. The Morgan fingerprint density at radius 3 is 2.65 bits per heavy atom. The number of carbonyl (C=O) groups is 1. The number of halogens is 4. The zero-order chi connectivity index (χ0) is 21.8. The predicted octanol–water partition coefficient (Wildman–Crippen LogP) is 4.10. The van der Waals surface area contributed by atoms with Crippen molar-refractivity contribution in [2.45, 2.75) is 25.1 Å². The van der Waals surface area contributed by atoms with E-state index in [4.69, 9.17) is 0 Å². The van der Waals surface area contributed by atoms with E-state index >= 15 is 0 Å². The summed E-state index contributed by atoms with van der Waals surface area (Å²) in [5.41, 5.74) is -0.282. The maximum absolute atomic E-state index is 13.8. The van der Waals surface area contributed by atoms with Crippen molar-refractivity contribution in [1.29, 1.82) is 0 Å². The number of fused-ring (bicyclic) bond motifs is 2. The van der Waals surface area contributed by atoms with Gasteiger partial charge in [-0.1, -0.05) is 28.1 Å². The summed E-state index contributed by atoms with van der Waals surface area (Å²) in [7, 11) is 0. The number of piperazine rings is 1. The van der Waals surface area contributed by atoms with E-state index in [1.54, 1.807) is 29.2 Å². The van der Waals surface area contributed by atoms with E-state index in [0.717, 1.165) is 41.0 Å². The van der Waals surface area contributed by atoms with E-state index in [-0.39, 0.29) is 22.8 Å². The molecule has 3 aromatic rings. The highest BCUT2D eigenvalue weighted by atomic mass is 79.9. The molecule has 0 saturated carbocycles. The Morgan fingerprint density at radius 2 is 1.90 bits per heavy atom. The van der Waals surface area contributed by atoms with E-state index < -0.39 is 11.9 Å². The number of nitrogens with zero attached hydrogens (tertiary/aromatic N) is 5. The van der Waals surface area contributed by atoms with Gasteiger partial charge in [0, 0.05) is 35.7 Å². The summed E-state index contributed by atoms with van der Waals surface area (Å²) in [5.74, 6) is -0.324. The van der Waals surface area contributed by atoms with Gasteiger partial charge in [-0.05, 0) is 37.6 Å². The molecule has 2 aliphatic heterocycles. The first-order chi connectivity index (χ1) is 14.8. The van der Waals surface area contributed by atoms with Gasteiger partial charge in [-0.3, -0.25) is 9.69 Å². The van der Waals surface area contributed by atoms with Crippen molar-refractivity contribution in [3.05, 3.63) is 52.3 Å². The highest BCUT2D eigenvalue weighted by Crippen LogP contribution is 2.33. The molecule has 1 amide bonds. The fourth-order valence-corrected chi connectivity index (χ4v) is 4.69. The van der Waals surface area contributed by atoms with E-state index in [1.165, 1.54) is 6.20 Å². The van der Waals surface area contributed by atoms with Crippen LogP contribution < -0.4 is 0 Å². The Bertz CT molecular complexity index is 1140. The lowest BCUT2D eigenvalue weighted by Crippen LogP contribution is -2.52. The number of hydrogen-bond acceptors (Lipinski definition) is 4. The van der Waals surface area contributed by atoms with Crippen LogP contribution in [0.5, 0.6) is 0 Å². The van der Waals surface area contributed by atoms with Gasteiger partial charge in [0.1, 0.15) is 5.56 Å². The molecule has 5 rings (SSSR count). The van der Waals surface area contributed by atoms with Gasteiger partial charge in [-0.25, -0.2) is 9.50 Å². The molecule has 2 aliphatic rings. The minimum atomic E-state index is -4.65. The number of carbonyl (C=O) groups excluding carboxylic acids is 1. The van der Waals surface area contributed by atoms with Crippen molar-refractivity contribution in [2.24, 2.45) is 0 Å². The lowest BCUT2D eigenvalue weighted by molar-refractivity contribution is -0.142. The fourth-order valence-electron chi connectivity index (χ4n) is 4.43. The van der Waals surface area contributed by atoms with Gasteiger partial charge in [0.15, 0.2) is 11.3 Å². The molecule has 2 fully saturated rings. The number of rotatable bonds is 2. The first kappa shape index (κ1) is 20.4. The summed E-state index contributed by atoms with van der Waals surface area (Å²) in [4.78, 5) is 21.7. The smallest absolute Gasteiger partial charge is 0.336 e. The molecule has 31 heavy (non-hydrogen) atoms. The molecule has 1 aromatic carbocycles. The zero-order valence-corrected chi connectivity index (χ0v) is 18.0. The molecule has 162 valence electrons. The van der Waals surface area contributed by atoms with Crippen molar-refractivity contribution in [1.82, 2.24) is 24.4 Å². The standard InChI is InChI=1S/C21H19BrF3N5O/c22-14-5-3-13(4-6-14)17-10-18(21(23,24)25)30-19(27-17)16(11-26-30)20(31)29-9-8-28-7-1-2-15(28)12-29/h3-6,10-11,15H,1-2,7-9,12H2/t15-/m0/s1. The van der Waals surface area contributed by atoms with Crippen molar-refractivity contribution in [3.63, 3.8) is 0 Å². The van der Waals surface area contributed by atoms with Crippen LogP contribution in [-0.4, -0.2) is 62.5 Å². The summed E-state index contributed by atoms with van der Waals surface area (Å²) in [6, 6.07) is 8.11. The summed E-state index contributed by atoms with van der Waals surface area (Å²) >= 11 is 3.32.